The molecule has 2 rings (SSSR count). The van der Waals surface area contributed by atoms with Crippen LogP contribution in [0.4, 0.5) is 10.5 Å². The molecule has 0 aliphatic carbocycles. The maximum atomic E-state index is 12.6. The van der Waals surface area contributed by atoms with Gasteiger partial charge in [-0.2, -0.15) is 10.7 Å². The third kappa shape index (κ3) is 7.07. The number of carbonyl (C=O) groups is 3. The van der Waals surface area contributed by atoms with Crippen LogP contribution in [0.15, 0.2) is 29.4 Å². The zero-order valence-corrected chi connectivity index (χ0v) is 16.8. The second-order valence-corrected chi connectivity index (χ2v) is 7.52. The first-order valence-corrected chi connectivity index (χ1v) is 9.29. The fourth-order valence-electron chi connectivity index (χ4n) is 2.79. The molecule has 0 radical (unpaired) electrons. The monoisotopic (exact) mass is 405 g/mol. The summed E-state index contributed by atoms with van der Waals surface area (Å²) in [5.41, 5.74) is 2.57. The third-order valence-corrected chi connectivity index (χ3v) is 4.02. The summed E-state index contributed by atoms with van der Waals surface area (Å²) in [7, 11) is 0. The lowest BCUT2D eigenvalue weighted by Crippen LogP contribution is -2.46. The molecule has 10 heteroatoms. The number of esters is 1. The van der Waals surface area contributed by atoms with Gasteiger partial charge < -0.3 is 20.3 Å². The molecule has 4 N–H and O–H groups in total. The number of urea groups is 1. The first-order chi connectivity index (χ1) is 13.7. The molecule has 0 spiro atoms. The number of hydrogen-bond acceptors (Lipinski definition) is 7. The molecule has 1 heterocycles. The number of anilines is 1. The molecule has 0 bridgehead atoms. The topological polar surface area (TPSA) is 132 Å². The minimum Gasteiger partial charge on any atom is -0.460 e. The molecule has 1 aliphatic heterocycles. The summed E-state index contributed by atoms with van der Waals surface area (Å²) in [5, 5.41) is 17.2. The zero-order valence-electron chi connectivity index (χ0n) is 16.8. The molecule has 3 amide bonds. The highest BCUT2D eigenvalue weighted by Gasteiger charge is 2.33. The van der Waals surface area contributed by atoms with Gasteiger partial charge in [-0.05, 0) is 44.9 Å². The molecular formula is C19H27N5O5. The maximum absolute atomic E-state index is 12.6. The highest BCUT2D eigenvalue weighted by atomic mass is 16.6. The molecular weight excluding hydrogens is 378 g/mol. The maximum Gasteiger partial charge on any atom is 0.315 e. The van der Waals surface area contributed by atoms with Crippen molar-refractivity contribution in [1.82, 2.24) is 16.2 Å². The van der Waals surface area contributed by atoms with Crippen molar-refractivity contribution >= 4 is 29.8 Å². The molecule has 1 aliphatic rings. The highest BCUT2D eigenvalue weighted by Crippen LogP contribution is 2.21. The van der Waals surface area contributed by atoms with E-state index < -0.39 is 23.6 Å². The number of carbonyl (C=O) groups excluding carboxylic acids is 3. The van der Waals surface area contributed by atoms with Gasteiger partial charge in [-0.1, -0.05) is 12.1 Å². The molecule has 0 unspecified atom stereocenters. The van der Waals surface area contributed by atoms with E-state index in [-0.39, 0.29) is 18.9 Å². The van der Waals surface area contributed by atoms with Crippen LogP contribution in [0.5, 0.6) is 0 Å². The lowest BCUT2D eigenvalue weighted by atomic mass is 10.2. The Hall–Kier alpha value is -3.14. The van der Waals surface area contributed by atoms with Gasteiger partial charge in [0, 0.05) is 18.8 Å². The summed E-state index contributed by atoms with van der Waals surface area (Å²) in [6, 6.07) is 5.91. The number of amides is 3. The van der Waals surface area contributed by atoms with Crippen LogP contribution < -0.4 is 21.1 Å². The summed E-state index contributed by atoms with van der Waals surface area (Å²) in [5.74, 6) is -0.602. The molecule has 158 valence electrons. The Balaban J connectivity index is 1.80. The number of nitrogens with zero attached hydrogens (tertiary/aromatic N) is 2. The van der Waals surface area contributed by atoms with Crippen LogP contribution in [0.25, 0.3) is 0 Å². The van der Waals surface area contributed by atoms with E-state index in [1.807, 2.05) is 0 Å². The van der Waals surface area contributed by atoms with Crippen molar-refractivity contribution in [3.05, 3.63) is 29.8 Å². The molecule has 1 aromatic rings. The predicted octanol–water partition coefficient (Wildman–Crippen LogP) is 1.14. The minimum atomic E-state index is -0.628. The van der Waals surface area contributed by atoms with Crippen LogP contribution in [0.1, 0.15) is 39.2 Å². The van der Waals surface area contributed by atoms with Gasteiger partial charge >= 0.3 is 12.0 Å². The second-order valence-electron chi connectivity index (χ2n) is 7.52. The average Bonchev–Trinajstić information content (AvgIpc) is 2.99. The van der Waals surface area contributed by atoms with Gasteiger partial charge in [0.2, 0.25) is 5.91 Å². The number of nitrogens with one attached hydrogen (secondary N) is 3. The quantitative estimate of drug-likeness (QED) is 0.305. The molecule has 1 fully saturated rings. The van der Waals surface area contributed by atoms with Gasteiger partial charge in [0.25, 0.3) is 0 Å². The normalized spacial score (nSPS) is 16.8. The number of benzene rings is 1. The third-order valence-electron chi connectivity index (χ3n) is 4.02. The lowest BCUT2D eigenvalue weighted by molar-refractivity contribution is -0.154. The van der Waals surface area contributed by atoms with Crippen molar-refractivity contribution in [3.8, 4) is 0 Å². The van der Waals surface area contributed by atoms with Crippen LogP contribution in [-0.4, -0.2) is 54.1 Å². The van der Waals surface area contributed by atoms with E-state index in [9.17, 15) is 14.4 Å². The van der Waals surface area contributed by atoms with E-state index in [1.165, 1.54) is 6.21 Å². The molecule has 1 aromatic carbocycles. The van der Waals surface area contributed by atoms with Crippen molar-refractivity contribution in [3.63, 3.8) is 0 Å². The summed E-state index contributed by atoms with van der Waals surface area (Å²) in [6.07, 6.45) is 1.97. The highest BCUT2D eigenvalue weighted by molar-refractivity contribution is 6.01. The largest absolute Gasteiger partial charge is 0.460 e. The Labute approximate surface area is 169 Å². The van der Waals surface area contributed by atoms with Crippen LogP contribution >= 0.6 is 0 Å². The summed E-state index contributed by atoms with van der Waals surface area (Å²) < 4.78 is 5.17. The zero-order chi connectivity index (χ0) is 21.4. The Morgan fingerprint density at radius 2 is 2.00 bits per heavy atom. The summed E-state index contributed by atoms with van der Waals surface area (Å²) in [6.45, 7) is 5.92. The molecule has 10 nitrogen and oxygen atoms in total. The van der Waals surface area contributed by atoms with E-state index in [1.54, 1.807) is 55.5 Å². The molecule has 1 atom stereocenters. The van der Waals surface area contributed by atoms with E-state index in [2.05, 4.69) is 15.7 Å². The Bertz CT molecular complexity index is 757. The predicted molar refractivity (Wildman–Crippen MR) is 107 cm³/mol. The number of ether oxygens (including phenoxy) is 1. The van der Waals surface area contributed by atoms with Crippen molar-refractivity contribution < 1.29 is 24.3 Å². The molecule has 29 heavy (non-hydrogen) atoms. The second kappa shape index (κ2) is 9.87. The fourth-order valence-corrected chi connectivity index (χ4v) is 2.79. The van der Waals surface area contributed by atoms with Gasteiger partial charge in [-0.15, -0.1) is 0 Å². The van der Waals surface area contributed by atoms with E-state index >= 15 is 0 Å². The molecule has 0 aromatic heterocycles. The van der Waals surface area contributed by atoms with E-state index in [0.29, 0.717) is 18.7 Å². The van der Waals surface area contributed by atoms with E-state index in [0.717, 1.165) is 5.56 Å². The minimum absolute atomic E-state index is 0.0525. The summed E-state index contributed by atoms with van der Waals surface area (Å²) in [4.78, 5) is 37.8. The Morgan fingerprint density at radius 1 is 1.31 bits per heavy atom. The van der Waals surface area contributed by atoms with Crippen molar-refractivity contribution in [2.45, 2.75) is 45.3 Å². The standard InChI is InChI=1S/C19H27N5O5/c1-19(2,3)29-16(25)8-10-20-18(27)22-15-9-11-24(17(15)26)14-6-4-13(5-7-14)12-21-23-28/h4-7,12,15,23,28H,8-11H2,1-3H3,(H2,20,22,27)/t15-/m0/s1. The lowest BCUT2D eigenvalue weighted by Gasteiger charge is -2.19. The van der Waals surface area contributed by atoms with Gasteiger partial charge in [0.1, 0.15) is 11.6 Å². The van der Waals surface area contributed by atoms with Crippen molar-refractivity contribution in [1.29, 1.82) is 0 Å². The van der Waals surface area contributed by atoms with Crippen molar-refractivity contribution in [2.24, 2.45) is 5.10 Å². The van der Waals surface area contributed by atoms with Gasteiger partial charge in [-0.25, -0.2) is 4.79 Å². The Kier molecular flexibility index (Phi) is 7.54. The SMILES string of the molecule is CC(C)(C)OC(=O)CCNC(=O)N[C@H]1CCN(c2ccc(C=NNO)cc2)C1=O. The van der Waals surface area contributed by atoms with Gasteiger partial charge in [-0.3, -0.25) is 14.8 Å². The number of hydrazone groups is 1. The summed E-state index contributed by atoms with van der Waals surface area (Å²) >= 11 is 0. The average molecular weight is 405 g/mol. The van der Waals surface area contributed by atoms with Crippen molar-refractivity contribution in [2.75, 3.05) is 18.0 Å². The fraction of sp³-hybridized carbons (Fsp3) is 0.474. The smallest absolute Gasteiger partial charge is 0.315 e. The van der Waals surface area contributed by atoms with E-state index in [4.69, 9.17) is 9.94 Å². The first-order valence-electron chi connectivity index (χ1n) is 9.29. The molecule has 0 saturated carbocycles. The Morgan fingerprint density at radius 3 is 2.62 bits per heavy atom. The van der Waals surface area contributed by atoms with Crippen LogP contribution in [0.2, 0.25) is 0 Å². The van der Waals surface area contributed by atoms with Crippen LogP contribution in [0.3, 0.4) is 0 Å². The first kappa shape index (κ1) is 22.2. The molecule has 1 saturated heterocycles. The number of rotatable bonds is 7. The van der Waals surface area contributed by atoms with Crippen LogP contribution in [0, 0.1) is 0 Å². The van der Waals surface area contributed by atoms with Crippen LogP contribution in [-0.2, 0) is 14.3 Å². The number of hydrogen-bond donors (Lipinski definition) is 4. The van der Waals surface area contributed by atoms with Gasteiger partial charge in [0.05, 0.1) is 12.6 Å². The van der Waals surface area contributed by atoms with Gasteiger partial charge in [0.15, 0.2) is 0 Å².